The van der Waals surface area contributed by atoms with Gasteiger partial charge in [0.05, 0.1) is 16.2 Å². The molecule has 26 heavy (non-hydrogen) atoms. The normalized spacial score (nSPS) is 17.3. The van der Waals surface area contributed by atoms with E-state index in [1.807, 2.05) is 6.92 Å². The minimum atomic E-state index is -1.04. The summed E-state index contributed by atoms with van der Waals surface area (Å²) in [6.45, 7) is 2.27. The Morgan fingerprint density at radius 2 is 2.00 bits per heavy atom. The first-order chi connectivity index (χ1) is 12.5. The monoisotopic (exact) mass is 370 g/mol. The second-order valence-corrected chi connectivity index (χ2v) is 6.47. The molecule has 0 atom stereocenters. The third-order valence-electron chi connectivity index (χ3n) is 3.69. The van der Waals surface area contributed by atoms with Gasteiger partial charge in [-0.1, -0.05) is 18.2 Å². The van der Waals surface area contributed by atoms with Crippen LogP contribution in [0.25, 0.3) is 6.08 Å². The minimum absolute atomic E-state index is 0.131. The molecule has 132 valence electrons. The number of amides is 1. The Morgan fingerprint density at radius 3 is 2.65 bits per heavy atom. The molecular weight excluding hydrogens is 355 g/mol. The van der Waals surface area contributed by atoms with Crippen molar-refractivity contribution in [3.63, 3.8) is 0 Å². The van der Waals surface area contributed by atoms with E-state index < -0.39 is 5.97 Å². The second kappa shape index (κ2) is 7.53. The van der Waals surface area contributed by atoms with Crippen molar-refractivity contribution in [3.05, 3.63) is 70.4 Å². The van der Waals surface area contributed by atoms with E-state index in [1.165, 1.54) is 40.9 Å². The molecule has 0 bridgehead atoms. The van der Waals surface area contributed by atoms with Gasteiger partial charge < -0.3 is 5.11 Å². The van der Waals surface area contributed by atoms with Gasteiger partial charge in [-0.15, -0.1) is 0 Å². The van der Waals surface area contributed by atoms with E-state index in [0.717, 1.165) is 0 Å². The van der Waals surface area contributed by atoms with Crippen LogP contribution < -0.4 is 0 Å². The number of aromatic carboxylic acids is 1. The molecule has 2 aromatic carbocycles. The van der Waals surface area contributed by atoms with Gasteiger partial charge >= 0.3 is 5.97 Å². The Hall–Kier alpha value is -2.93. The summed E-state index contributed by atoms with van der Waals surface area (Å²) in [5, 5.41) is 9.56. The van der Waals surface area contributed by atoms with Gasteiger partial charge in [-0.05, 0) is 60.7 Å². The minimum Gasteiger partial charge on any atom is -0.478 e. The summed E-state index contributed by atoms with van der Waals surface area (Å²) >= 11 is 1.21. The van der Waals surface area contributed by atoms with Crippen LogP contribution in [0.1, 0.15) is 22.8 Å². The first kappa shape index (κ1) is 17.9. The topological polar surface area (TPSA) is 70.0 Å². The molecule has 1 aliphatic heterocycles. The van der Waals surface area contributed by atoms with Crippen LogP contribution in [0.5, 0.6) is 0 Å². The van der Waals surface area contributed by atoms with Crippen LogP contribution >= 0.6 is 11.8 Å². The first-order valence-electron chi connectivity index (χ1n) is 7.87. The number of aliphatic imine (C=N–C) groups is 1. The van der Waals surface area contributed by atoms with E-state index in [0.29, 0.717) is 27.9 Å². The molecule has 1 saturated heterocycles. The van der Waals surface area contributed by atoms with Gasteiger partial charge in [0, 0.05) is 6.54 Å². The van der Waals surface area contributed by atoms with Crippen molar-refractivity contribution >= 4 is 40.6 Å². The van der Waals surface area contributed by atoms with Crippen molar-refractivity contribution in [2.75, 3.05) is 6.54 Å². The SMILES string of the molecule is CCN1C(=O)/C(=C/c2ccc(F)cc2)SC1=Nc1cccc(C(=O)O)c1. The fourth-order valence-electron chi connectivity index (χ4n) is 2.40. The van der Waals surface area contributed by atoms with Gasteiger partial charge in [-0.2, -0.15) is 0 Å². The highest BCUT2D eigenvalue weighted by Crippen LogP contribution is 2.34. The average molecular weight is 370 g/mol. The Morgan fingerprint density at radius 1 is 1.27 bits per heavy atom. The lowest BCUT2D eigenvalue weighted by atomic mass is 10.2. The van der Waals surface area contributed by atoms with Crippen LogP contribution in [0.4, 0.5) is 10.1 Å². The van der Waals surface area contributed by atoms with Crippen molar-refractivity contribution < 1.29 is 19.1 Å². The van der Waals surface area contributed by atoms with E-state index in [4.69, 9.17) is 5.11 Å². The van der Waals surface area contributed by atoms with E-state index in [2.05, 4.69) is 4.99 Å². The number of carboxylic acid groups (broad SMARTS) is 1. The summed E-state index contributed by atoms with van der Waals surface area (Å²) in [5.41, 5.74) is 1.31. The van der Waals surface area contributed by atoms with Crippen molar-refractivity contribution in [3.8, 4) is 0 Å². The van der Waals surface area contributed by atoms with Gasteiger partial charge in [0.2, 0.25) is 0 Å². The smallest absolute Gasteiger partial charge is 0.335 e. The quantitative estimate of drug-likeness (QED) is 0.821. The number of halogens is 1. The molecule has 0 radical (unpaired) electrons. The Labute approximate surface area is 153 Å². The number of carbonyl (C=O) groups excluding carboxylic acids is 1. The maximum atomic E-state index is 13.0. The number of rotatable bonds is 4. The molecule has 1 amide bonds. The largest absolute Gasteiger partial charge is 0.478 e. The van der Waals surface area contributed by atoms with Crippen molar-refractivity contribution in [1.29, 1.82) is 0 Å². The zero-order valence-corrected chi connectivity index (χ0v) is 14.7. The third-order valence-corrected chi connectivity index (χ3v) is 4.70. The fourth-order valence-corrected chi connectivity index (χ4v) is 3.46. The number of thioether (sulfide) groups is 1. The summed E-state index contributed by atoms with van der Waals surface area (Å²) < 4.78 is 13.0. The lowest BCUT2D eigenvalue weighted by Crippen LogP contribution is -2.28. The molecule has 0 aliphatic carbocycles. The summed E-state index contributed by atoms with van der Waals surface area (Å²) in [6, 6.07) is 12.1. The summed E-state index contributed by atoms with van der Waals surface area (Å²) in [4.78, 5) is 30.1. The molecule has 1 aliphatic rings. The predicted octanol–water partition coefficient (Wildman–Crippen LogP) is 4.15. The van der Waals surface area contributed by atoms with E-state index in [-0.39, 0.29) is 17.3 Å². The maximum Gasteiger partial charge on any atom is 0.335 e. The van der Waals surface area contributed by atoms with Gasteiger partial charge in [0.1, 0.15) is 5.82 Å². The lowest BCUT2D eigenvalue weighted by Gasteiger charge is -2.12. The van der Waals surface area contributed by atoms with Gasteiger partial charge in [-0.25, -0.2) is 14.2 Å². The fraction of sp³-hybridized carbons (Fsp3) is 0.105. The molecule has 0 aromatic heterocycles. The standard InChI is InChI=1S/C19H15FN2O3S/c1-2-22-17(23)16(10-12-6-8-14(20)9-7-12)26-19(22)21-15-5-3-4-13(11-15)18(24)25/h3-11H,2H2,1H3,(H,24,25)/b16-10-,21-19?. The van der Waals surface area contributed by atoms with Gasteiger partial charge in [-0.3, -0.25) is 9.69 Å². The molecule has 1 heterocycles. The van der Waals surface area contributed by atoms with E-state index in [1.54, 1.807) is 30.3 Å². The number of hydrogen-bond donors (Lipinski definition) is 1. The third kappa shape index (κ3) is 3.83. The molecule has 0 saturated carbocycles. The second-order valence-electron chi connectivity index (χ2n) is 5.46. The molecule has 7 heteroatoms. The van der Waals surface area contributed by atoms with E-state index >= 15 is 0 Å². The van der Waals surface area contributed by atoms with Crippen LogP contribution in [0.2, 0.25) is 0 Å². The molecule has 2 aromatic rings. The number of nitrogens with zero attached hydrogens (tertiary/aromatic N) is 2. The molecule has 0 unspecified atom stereocenters. The highest BCUT2D eigenvalue weighted by atomic mass is 32.2. The molecule has 0 spiro atoms. The summed E-state index contributed by atoms with van der Waals surface area (Å²) in [7, 11) is 0. The first-order valence-corrected chi connectivity index (χ1v) is 8.68. The van der Waals surface area contributed by atoms with E-state index in [9.17, 15) is 14.0 Å². The van der Waals surface area contributed by atoms with Crippen molar-refractivity contribution in [2.45, 2.75) is 6.92 Å². The number of benzene rings is 2. The van der Waals surface area contributed by atoms with Crippen molar-refractivity contribution in [2.24, 2.45) is 4.99 Å². The van der Waals surface area contributed by atoms with Crippen LogP contribution in [-0.2, 0) is 4.79 Å². The number of amidine groups is 1. The summed E-state index contributed by atoms with van der Waals surface area (Å²) in [5.74, 6) is -1.56. The molecule has 3 rings (SSSR count). The number of carboxylic acids is 1. The average Bonchev–Trinajstić information content (AvgIpc) is 2.91. The number of carbonyl (C=O) groups is 2. The van der Waals surface area contributed by atoms with Crippen LogP contribution in [0.15, 0.2) is 58.4 Å². The lowest BCUT2D eigenvalue weighted by molar-refractivity contribution is -0.122. The zero-order valence-electron chi connectivity index (χ0n) is 13.8. The Balaban J connectivity index is 1.93. The Kier molecular flexibility index (Phi) is 5.18. The van der Waals surface area contributed by atoms with Gasteiger partial charge in [0.15, 0.2) is 5.17 Å². The number of likely N-dealkylation sites (N-methyl/N-ethyl adjacent to an activating group) is 1. The molecule has 1 N–H and O–H groups in total. The number of hydrogen-bond acceptors (Lipinski definition) is 4. The predicted molar refractivity (Wildman–Crippen MR) is 99.9 cm³/mol. The molecular formula is C19H15FN2O3S. The highest BCUT2D eigenvalue weighted by molar-refractivity contribution is 8.18. The maximum absolute atomic E-state index is 13.0. The van der Waals surface area contributed by atoms with Crippen LogP contribution in [0, 0.1) is 5.82 Å². The Bertz CT molecular complexity index is 923. The van der Waals surface area contributed by atoms with Crippen LogP contribution in [0.3, 0.4) is 0 Å². The van der Waals surface area contributed by atoms with Crippen LogP contribution in [-0.4, -0.2) is 33.6 Å². The van der Waals surface area contributed by atoms with Gasteiger partial charge in [0.25, 0.3) is 5.91 Å². The summed E-state index contributed by atoms with van der Waals surface area (Å²) in [6.07, 6.45) is 1.69. The molecule has 1 fully saturated rings. The van der Waals surface area contributed by atoms with Crippen molar-refractivity contribution in [1.82, 2.24) is 4.90 Å². The molecule has 5 nitrogen and oxygen atoms in total. The zero-order chi connectivity index (χ0) is 18.7. The highest BCUT2D eigenvalue weighted by Gasteiger charge is 2.32.